The Bertz CT molecular complexity index is 503. The Labute approximate surface area is 125 Å². The van der Waals surface area contributed by atoms with Gasteiger partial charge in [0.2, 0.25) is 0 Å². The number of hydrogen-bond acceptors (Lipinski definition) is 4. The van der Waals surface area contributed by atoms with E-state index in [0.29, 0.717) is 24.5 Å². The predicted octanol–water partition coefficient (Wildman–Crippen LogP) is 1.65. The Morgan fingerprint density at radius 3 is 2.81 bits per heavy atom. The predicted molar refractivity (Wildman–Crippen MR) is 79.8 cm³/mol. The average molecular weight is 293 g/mol. The highest BCUT2D eigenvalue weighted by Gasteiger charge is 2.32. The van der Waals surface area contributed by atoms with E-state index in [1.54, 1.807) is 18.1 Å². The third-order valence-electron chi connectivity index (χ3n) is 4.00. The molecular weight excluding hydrogens is 270 g/mol. The van der Waals surface area contributed by atoms with Gasteiger partial charge >= 0.3 is 0 Å². The molecule has 1 aliphatic heterocycles. The Kier molecular flexibility index (Phi) is 5.20. The normalized spacial score (nSPS) is 20.0. The second-order valence-electron chi connectivity index (χ2n) is 5.34. The lowest BCUT2D eigenvalue weighted by Gasteiger charge is -2.22. The number of methoxy groups -OCH3 is 1. The van der Waals surface area contributed by atoms with Gasteiger partial charge in [0.25, 0.3) is 5.91 Å². The van der Waals surface area contributed by atoms with Gasteiger partial charge in [0, 0.05) is 31.7 Å². The molecule has 2 atom stereocenters. The fraction of sp³-hybridized carbons (Fsp3) is 0.562. The number of amides is 1. The van der Waals surface area contributed by atoms with Gasteiger partial charge in [-0.25, -0.2) is 0 Å². The molecule has 0 bridgehead atoms. The van der Waals surface area contributed by atoms with Crippen molar-refractivity contribution >= 4 is 5.91 Å². The fourth-order valence-electron chi connectivity index (χ4n) is 2.56. The number of para-hydroxylation sites is 1. The molecule has 0 saturated heterocycles. The van der Waals surface area contributed by atoms with E-state index in [4.69, 9.17) is 14.6 Å². The van der Waals surface area contributed by atoms with E-state index >= 15 is 0 Å². The topological polar surface area (TPSA) is 59.0 Å². The molecule has 0 fully saturated rings. The van der Waals surface area contributed by atoms with Crippen molar-refractivity contribution in [3.8, 4) is 5.75 Å². The Morgan fingerprint density at radius 2 is 2.14 bits per heavy atom. The highest BCUT2D eigenvalue weighted by Crippen LogP contribution is 2.40. The summed E-state index contributed by atoms with van der Waals surface area (Å²) in [5.41, 5.74) is 1.64. The zero-order valence-electron chi connectivity index (χ0n) is 12.8. The first kappa shape index (κ1) is 15.8. The molecule has 1 aromatic carbocycles. The minimum absolute atomic E-state index is 0.0687. The van der Waals surface area contributed by atoms with Crippen LogP contribution in [0.3, 0.4) is 0 Å². The molecule has 0 saturated carbocycles. The van der Waals surface area contributed by atoms with Crippen LogP contribution in [0.5, 0.6) is 5.75 Å². The van der Waals surface area contributed by atoms with Crippen molar-refractivity contribution < 1.29 is 19.4 Å². The minimum Gasteiger partial charge on any atom is -0.489 e. The fourth-order valence-corrected chi connectivity index (χ4v) is 2.56. The molecule has 0 aliphatic carbocycles. The number of aliphatic hydroxyl groups is 1. The van der Waals surface area contributed by atoms with E-state index in [0.717, 1.165) is 5.56 Å². The maximum absolute atomic E-state index is 12.7. The monoisotopic (exact) mass is 293 g/mol. The number of rotatable bonds is 6. The number of fused-ring (bicyclic) bond motifs is 1. The van der Waals surface area contributed by atoms with Gasteiger partial charge in [-0.3, -0.25) is 4.79 Å². The Morgan fingerprint density at radius 1 is 1.38 bits per heavy atom. The van der Waals surface area contributed by atoms with Crippen molar-refractivity contribution in [2.45, 2.75) is 25.9 Å². The summed E-state index contributed by atoms with van der Waals surface area (Å²) in [7, 11) is 1.59. The standard InChI is InChI=1S/C16H23NO4/c1-11-12(2)21-15-13(11)5-4-6-14(15)16(19)17(7-9-18)8-10-20-3/h4-6,11-12,18H,7-10H2,1-3H3. The van der Waals surface area contributed by atoms with Crippen LogP contribution >= 0.6 is 0 Å². The molecular formula is C16H23NO4. The van der Waals surface area contributed by atoms with E-state index < -0.39 is 0 Å². The second-order valence-corrected chi connectivity index (χ2v) is 5.34. The summed E-state index contributed by atoms with van der Waals surface area (Å²) in [5, 5.41) is 9.14. The van der Waals surface area contributed by atoms with Gasteiger partial charge in [-0.15, -0.1) is 0 Å². The second kappa shape index (κ2) is 6.91. The van der Waals surface area contributed by atoms with Crippen molar-refractivity contribution in [2.75, 3.05) is 33.4 Å². The van der Waals surface area contributed by atoms with Crippen LogP contribution in [0.1, 0.15) is 35.7 Å². The molecule has 1 amide bonds. The van der Waals surface area contributed by atoms with E-state index in [1.165, 1.54) is 0 Å². The summed E-state index contributed by atoms with van der Waals surface area (Å²) in [6.45, 7) is 5.21. The van der Waals surface area contributed by atoms with E-state index in [9.17, 15) is 4.79 Å². The number of hydrogen-bond donors (Lipinski definition) is 1. The highest BCUT2D eigenvalue weighted by molar-refractivity contribution is 5.97. The van der Waals surface area contributed by atoms with Crippen LogP contribution in [0.4, 0.5) is 0 Å². The zero-order chi connectivity index (χ0) is 15.4. The number of carbonyl (C=O) groups is 1. The van der Waals surface area contributed by atoms with Crippen LogP contribution in [0.25, 0.3) is 0 Å². The highest BCUT2D eigenvalue weighted by atomic mass is 16.5. The summed E-state index contributed by atoms with van der Waals surface area (Å²) in [6, 6.07) is 5.67. The Balaban J connectivity index is 2.27. The molecule has 0 radical (unpaired) electrons. The van der Waals surface area contributed by atoms with E-state index in [1.807, 2.05) is 19.1 Å². The van der Waals surface area contributed by atoms with Crippen molar-refractivity contribution in [3.63, 3.8) is 0 Å². The third kappa shape index (κ3) is 3.19. The number of ether oxygens (including phenoxy) is 2. The summed E-state index contributed by atoms with van der Waals surface area (Å²) < 4.78 is 10.9. The van der Waals surface area contributed by atoms with E-state index in [-0.39, 0.29) is 31.1 Å². The van der Waals surface area contributed by atoms with Gasteiger partial charge < -0.3 is 19.5 Å². The largest absolute Gasteiger partial charge is 0.489 e. The first-order valence-corrected chi connectivity index (χ1v) is 7.28. The van der Waals surface area contributed by atoms with Gasteiger partial charge in [0.15, 0.2) is 0 Å². The number of benzene rings is 1. The van der Waals surface area contributed by atoms with Gasteiger partial charge in [-0.2, -0.15) is 0 Å². The zero-order valence-corrected chi connectivity index (χ0v) is 12.8. The number of nitrogens with zero attached hydrogens (tertiary/aromatic N) is 1. The number of aliphatic hydroxyl groups excluding tert-OH is 1. The summed E-state index contributed by atoms with van der Waals surface area (Å²) in [5.74, 6) is 0.833. The van der Waals surface area contributed by atoms with Crippen molar-refractivity contribution in [3.05, 3.63) is 29.3 Å². The minimum atomic E-state index is -0.126. The van der Waals surface area contributed by atoms with Crippen LogP contribution in [0, 0.1) is 0 Å². The molecule has 21 heavy (non-hydrogen) atoms. The van der Waals surface area contributed by atoms with Crippen LogP contribution < -0.4 is 4.74 Å². The first-order chi connectivity index (χ1) is 10.1. The van der Waals surface area contributed by atoms with Crippen molar-refractivity contribution in [1.29, 1.82) is 0 Å². The van der Waals surface area contributed by atoms with Crippen LogP contribution in [-0.4, -0.2) is 55.4 Å². The quantitative estimate of drug-likeness (QED) is 0.866. The molecule has 1 aromatic rings. The molecule has 1 N–H and O–H groups in total. The summed E-state index contributed by atoms with van der Waals surface area (Å²) in [4.78, 5) is 14.3. The molecule has 116 valence electrons. The van der Waals surface area contributed by atoms with Crippen LogP contribution in [-0.2, 0) is 4.74 Å². The lowest BCUT2D eigenvalue weighted by atomic mass is 9.96. The SMILES string of the molecule is COCCN(CCO)C(=O)c1cccc2c1OC(C)C2C. The smallest absolute Gasteiger partial charge is 0.257 e. The number of carbonyl (C=O) groups excluding carboxylic acids is 1. The molecule has 2 unspecified atom stereocenters. The van der Waals surface area contributed by atoms with Gasteiger partial charge in [0.05, 0.1) is 18.8 Å². The molecule has 2 rings (SSSR count). The van der Waals surface area contributed by atoms with Crippen LogP contribution in [0.2, 0.25) is 0 Å². The molecule has 0 spiro atoms. The molecule has 5 heteroatoms. The Hall–Kier alpha value is -1.59. The average Bonchev–Trinajstić information content (AvgIpc) is 2.78. The van der Waals surface area contributed by atoms with E-state index in [2.05, 4.69) is 6.92 Å². The lowest BCUT2D eigenvalue weighted by Crippen LogP contribution is -2.36. The molecule has 0 aromatic heterocycles. The summed E-state index contributed by atoms with van der Waals surface area (Å²) >= 11 is 0. The van der Waals surface area contributed by atoms with Gasteiger partial charge in [0.1, 0.15) is 11.9 Å². The molecule has 5 nitrogen and oxygen atoms in total. The lowest BCUT2D eigenvalue weighted by molar-refractivity contribution is 0.0651. The maximum Gasteiger partial charge on any atom is 0.257 e. The van der Waals surface area contributed by atoms with Gasteiger partial charge in [-0.1, -0.05) is 19.1 Å². The molecule has 1 heterocycles. The van der Waals surface area contributed by atoms with Gasteiger partial charge in [-0.05, 0) is 13.0 Å². The third-order valence-corrected chi connectivity index (χ3v) is 4.00. The molecule has 1 aliphatic rings. The van der Waals surface area contributed by atoms with Crippen molar-refractivity contribution in [1.82, 2.24) is 4.90 Å². The van der Waals surface area contributed by atoms with Crippen LogP contribution in [0.15, 0.2) is 18.2 Å². The first-order valence-electron chi connectivity index (χ1n) is 7.28. The summed E-state index contributed by atoms with van der Waals surface area (Å²) in [6.07, 6.45) is 0.0687. The van der Waals surface area contributed by atoms with Crippen molar-refractivity contribution in [2.24, 2.45) is 0 Å². The maximum atomic E-state index is 12.7.